The fourth-order valence-corrected chi connectivity index (χ4v) is 5.96. The largest absolute Gasteiger partial charge is 0.490 e. The van der Waals surface area contributed by atoms with Crippen molar-refractivity contribution >= 4 is 18.5 Å². The zero-order valence-electron chi connectivity index (χ0n) is 19.6. The van der Waals surface area contributed by atoms with Crippen molar-refractivity contribution in [3.05, 3.63) is 65.1 Å². The van der Waals surface area contributed by atoms with Gasteiger partial charge in [0.2, 0.25) is 0 Å². The number of halogens is 1. The summed E-state index contributed by atoms with van der Waals surface area (Å²) in [6.45, 7) is 1.66. The Bertz CT molecular complexity index is 1340. The van der Waals surface area contributed by atoms with Crippen LogP contribution in [0.4, 0.5) is 10.2 Å². The van der Waals surface area contributed by atoms with E-state index >= 15 is 0 Å². The Hall–Kier alpha value is -3.87. The van der Waals surface area contributed by atoms with E-state index in [4.69, 9.17) is 9.47 Å². The molecule has 1 N–H and O–H groups in total. The van der Waals surface area contributed by atoms with Crippen LogP contribution in [0.1, 0.15) is 36.0 Å². The van der Waals surface area contributed by atoms with Crippen molar-refractivity contribution in [1.82, 2.24) is 9.97 Å². The van der Waals surface area contributed by atoms with Gasteiger partial charge in [-0.15, -0.1) is 0 Å². The van der Waals surface area contributed by atoms with E-state index in [2.05, 4.69) is 26.9 Å². The first kappa shape index (κ1) is 22.6. The van der Waals surface area contributed by atoms with Gasteiger partial charge >= 0.3 is 5.97 Å². The predicted molar refractivity (Wildman–Crippen MR) is 130 cm³/mol. The molecule has 2 aliphatic heterocycles. The lowest BCUT2D eigenvalue weighted by atomic mass is 9.48. The molecule has 8 nitrogen and oxygen atoms in total. The third-order valence-electron chi connectivity index (χ3n) is 7.64. The van der Waals surface area contributed by atoms with Gasteiger partial charge in [0, 0.05) is 24.5 Å². The summed E-state index contributed by atoms with van der Waals surface area (Å²) in [6, 6.07) is 3.39. The molecule has 2 aliphatic carbocycles. The van der Waals surface area contributed by atoms with Crippen LogP contribution in [0.5, 0.6) is 11.5 Å². The van der Waals surface area contributed by atoms with E-state index in [1.807, 2.05) is 0 Å². The first-order valence-electron chi connectivity index (χ1n) is 12.2. The highest BCUT2D eigenvalue weighted by Gasteiger charge is 2.54. The number of hydrogen-bond acceptors (Lipinski definition) is 7. The highest BCUT2D eigenvalue weighted by atomic mass is 19.1. The Morgan fingerprint density at radius 1 is 1.28 bits per heavy atom. The Kier molecular flexibility index (Phi) is 5.43. The number of aromatic nitrogens is 2. The number of nitrogens with zero attached hydrogens (tertiary/aromatic N) is 4. The lowest BCUT2D eigenvalue weighted by molar-refractivity contribution is -0.0653. The summed E-state index contributed by atoms with van der Waals surface area (Å²) in [5.41, 5.74) is 2.55. The molecular weight excluding hydrogens is 462 g/mol. The van der Waals surface area contributed by atoms with E-state index in [0.29, 0.717) is 11.6 Å². The van der Waals surface area contributed by atoms with Crippen molar-refractivity contribution in [2.45, 2.75) is 44.4 Å². The third-order valence-corrected chi connectivity index (χ3v) is 7.64. The van der Waals surface area contributed by atoms with E-state index in [1.165, 1.54) is 29.7 Å². The molecule has 1 aromatic heterocycles. The van der Waals surface area contributed by atoms with Crippen LogP contribution in [-0.4, -0.2) is 47.0 Å². The number of carbonyl (C=O) groups is 1. The minimum atomic E-state index is -1.27. The van der Waals surface area contributed by atoms with Crippen molar-refractivity contribution in [3.63, 3.8) is 0 Å². The standard InChI is InChI=1S/C26H24BFN4O4/c28-17-4-5-22(19(6-17)25(33)34)36-23-11-30-15-31-24(23)32-12-26(13-32)7-18(8-26)35-21-3-1-2-16-9-27(14-29)10-20(16)21/h3-6,11,15,18H,1-2,7-10,12-13H2,(H,33,34). The molecule has 2 aromatic rings. The van der Waals surface area contributed by atoms with Crippen molar-refractivity contribution < 1.29 is 23.8 Å². The summed E-state index contributed by atoms with van der Waals surface area (Å²) in [5.74, 6) is 2.42. The molecule has 1 saturated carbocycles. The zero-order chi connectivity index (χ0) is 24.9. The van der Waals surface area contributed by atoms with Gasteiger partial charge in [0.15, 0.2) is 11.6 Å². The van der Waals surface area contributed by atoms with Crippen molar-refractivity contribution in [2.75, 3.05) is 18.0 Å². The van der Waals surface area contributed by atoms with Gasteiger partial charge < -0.3 is 19.5 Å². The second-order valence-electron chi connectivity index (χ2n) is 10.2. The fourth-order valence-electron chi connectivity index (χ4n) is 5.96. The topological polar surface area (TPSA) is 109 Å². The maximum atomic E-state index is 13.5. The van der Waals surface area contributed by atoms with Crippen LogP contribution in [0.15, 0.2) is 53.7 Å². The first-order chi connectivity index (χ1) is 17.4. The van der Waals surface area contributed by atoms with Crippen LogP contribution < -0.4 is 9.64 Å². The maximum Gasteiger partial charge on any atom is 0.339 e. The molecule has 10 heteroatoms. The van der Waals surface area contributed by atoms with Gasteiger partial charge in [-0.1, -0.05) is 5.57 Å². The first-order valence-corrected chi connectivity index (χ1v) is 12.2. The van der Waals surface area contributed by atoms with Gasteiger partial charge in [-0.25, -0.2) is 24.4 Å². The molecule has 6 rings (SSSR count). The Balaban J connectivity index is 1.09. The highest BCUT2D eigenvalue weighted by molar-refractivity contribution is 6.69. The number of nitriles is 1. The quantitative estimate of drug-likeness (QED) is 0.589. The Labute approximate surface area is 208 Å². The second-order valence-corrected chi connectivity index (χ2v) is 10.2. The molecule has 0 amide bonds. The smallest absolute Gasteiger partial charge is 0.339 e. The molecule has 0 atom stereocenters. The van der Waals surface area contributed by atoms with Crippen molar-refractivity contribution in [3.8, 4) is 17.5 Å². The minimum absolute atomic E-state index is 0.0345. The zero-order valence-corrected chi connectivity index (χ0v) is 19.6. The fraction of sp³-hybridized carbons (Fsp3) is 0.385. The van der Waals surface area contributed by atoms with Crippen LogP contribution in [0, 0.1) is 22.5 Å². The minimum Gasteiger partial charge on any atom is -0.490 e. The maximum absolute atomic E-state index is 13.5. The molecule has 1 aromatic carbocycles. The molecule has 2 fully saturated rings. The van der Waals surface area contributed by atoms with Crippen LogP contribution in [0.25, 0.3) is 0 Å². The molecule has 3 heterocycles. The van der Waals surface area contributed by atoms with E-state index in [-0.39, 0.29) is 29.5 Å². The molecule has 0 radical (unpaired) electrons. The average Bonchev–Trinajstić information content (AvgIpc) is 3.26. The van der Waals surface area contributed by atoms with Gasteiger partial charge in [0.1, 0.15) is 35.3 Å². The van der Waals surface area contributed by atoms with Crippen LogP contribution in [-0.2, 0) is 4.74 Å². The number of anilines is 1. The number of hydrogen-bond donors (Lipinski definition) is 1. The van der Waals surface area contributed by atoms with Crippen molar-refractivity contribution in [2.24, 2.45) is 5.41 Å². The van der Waals surface area contributed by atoms with Gasteiger partial charge in [-0.05, 0) is 68.2 Å². The SMILES string of the molecule is N#CB1CC2=C(C1)C(OC1CC3(C1)CN(c1ncncc1Oc1ccc(F)cc1C(=O)O)C3)=CCC2. The Morgan fingerprint density at radius 3 is 2.89 bits per heavy atom. The summed E-state index contributed by atoms with van der Waals surface area (Å²) in [6.07, 6.45) is 10.9. The van der Waals surface area contributed by atoms with Gasteiger partial charge in [-0.2, -0.15) is 0 Å². The summed E-state index contributed by atoms with van der Waals surface area (Å²) in [5, 5.41) is 18.7. The van der Waals surface area contributed by atoms with Crippen molar-refractivity contribution in [1.29, 1.82) is 5.26 Å². The lowest BCUT2D eigenvalue weighted by Gasteiger charge is -2.59. The molecule has 1 spiro atoms. The van der Waals surface area contributed by atoms with E-state index in [1.54, 1.807) is 0 Å². The summed E-state index contributed by atoms with van der Waals surface area (Å²) in [4.78, 5) is 22.0. The van der Waals surface area contributed by atoms with Crippen LogP contribution >= 0.6 is 0 Å². The molecule has 0 bridgehead atoms. The van der Waals surface area contributed by atoms with E-state index in [0.717, 1.165) is 69.3 Å². The second kappa shape index (κ2) is 8.66. The molecule has 4 aliphatic rings. The monoisotopic (exact) mass is 486 g/mol. The molecule has 1 saturated heterocycles. The third kappa shape index (κ3) is 3.98. The lowest BCUT2D eigenvalue weighted by Crippen LogP contribution is -2.64. The molecule has 0 unspecified atom stereocenters. The van der Waals surface area contributed by atoms with Gasteiger partial charge in [0.05, 0.1) is 6.20 Å². The summed E-state index contributed by atoms with van der Waals surface area (Å²) < 4.78 is 25.8. The summed E-state index contributed by atoms with van der Waals surface area (Å²) in [7, 11) is 0. The average molecular weight is 486 g/mol. The predicted octanol–water partition coefficient (Wildman–Crippen LogP) is 4.64. The van der Waals surface area contributed by atoms with E-state index in [9.17, 15) is 19.6 Å². The molecular formula is C26H24BFN4O4. The number of rotatable bonds is 6. The number of carboxylic acids is 1. The number of carboxylic acid groups (broad SMARTS) is 1. The molecule has 36 heavy (non-hydrogen) atoms. The number of aromatic carboxylic acids is 1. The summed E-state index contributed by atoms with van der Waals surface area (Å²) >= 11 is 0. The Morgan fingerprint density at radius 2 is 2.11 bits per heavy atom. The number of ether oxygens (including phenoxy) is 2. The number of allylic oxidation sites excluding steroid dienone is 3. The number of benzene rings is 1. The van der Waals surface area contributed by atoms with E-state index < -0.39 is 11.8 Å². The van der Waals surface area contributed by atoms with Crippen LogP contribution in [0.3, 0.4) is 0 Å². The molecule has 182 valence electrons. The van der Waals surface area contributed by atoms with Gasteiger partial charge in [-0.3, -0.25) is 0 Å². The van der Waals surface area contributed by atoms with Crippen LogP contribution in [0.2, 0.25) is 12.6 Å². The normalized spacial score (nSPS) is 20.3. The highest BCUT2D eigenvalue weighted by Crippen LogP contribution is 2.53. The van der Waals surface area contributed by atoms with Gasteiger partial charge in [0.25, 0.3) is 6.71 Å².